The van der Waals surface area contributed by atoms with E-state index in [2.05, 4.69) is 4.74 Å². The first-order valence-corrected chi connectivity index (χ1v) is 10.4. The molecule has 0 aliphatic heterocycles. The Bertz CT molecular complexity index is 891. The number of alkyl halides is 3. The molecule has 0 heterocycles. The van der Waals surface area contributed by atoms with Crippen molar-refractivity contribution in [2.24, 2.45) is 0 Å². The number of halogens is 3. The van der Waals surface area contributed by atoms with E-state index in [1.54, 1.807) is 11.0 Å². The van der Waals surface area contributed by atoms with Gasteiger partial charge < -0.3 is 9.47 Å². The highest BCUT2D eigenvalue weighted by atomic mass is 19.4. The topological polar surface area (TPSA) is 38.8 Å². The zero-order valence-corrected chi connectivity index (χ0v) is 18.0. The van der Waals surface area contributed by atoms with Gasteiger partial charge in [0, 0.05) is 6.54 Å². The van der Waals surface area contributed by atoms with Crippen LogP contribution in [-0.4, -0.2) is 23.0 Å². The molecule has 0 radical (unpaired) electrons. The minimum absolute atomic E-state index is 0.237. The Hall–Kier alpha value is -2.70. The second-order valence-electron chi connectivity index (χ2n) is 8.76. The van der Waals surface area contributed by atoms with Crippen LogP contribution in [0.25, 0.3) is 0 Å². The van der Waals surface area contributed by atoms with Gasteiger partial charge in [-0.2, -0.15) is 0 Å². The molecule has 2 aromatic carbocycles. The van der Waals surface area contributed by atoms with Crippen LogP contribution in [-0.2, 0) is 17.7 Å². The molecule has 31 heavy (non-hydrogen) atoms. The van der Waals surface area contributed by atoms with Crippen molar-refractivity contribution in [3.05, 3.63) is 65.2 Å². The highest BCUT2D eigenvalue weighted by Gasteiger charge is 2.34. The Balaban J connectivity index is 1.97. The molecule has 7 heteroatoms. The van der Waals surface area contributed by atoms with Crippen LogP contribution >= 0.6 is 0 Å². The molecule has 0 saturated heterocycles. The van der Waals surface area contributed by atoms with E-state index >= 15 is 0 Å². The van der Waals surface area contributed by atoms with Gasteiger partial charge in [0.25, 0.3) is 0 Å². The molecule has 1 unspecified atom stereocenters. The van der Waals surface area contributed by atoms with E-state index in [-0.39, 0.29) is 11.8 Å². The number of nitrogens with zero attached hydrogens (tertiary/aromatic N) is 1. The average Bonchev–Trinajstić information content (AvgIpc) is 2.86. The Kier molecular flexibility index (Phi) is 6.82. The van der Waals surface area contributed by atoms with Gasteiger partial charge >= 0.3 is 12.5 Å². The first-order chi connectivity index (χ1) is 14.5. The minimum atomic E-state index is -4.74. The van der Waals surface area contributed by atoms with E-state index in [1.807, 2.05) is 51.1 Å². The highest BCUT2D eigenvalue weighted by Crippen LogP contribution is 2.37. The summed E-state index contributed by atoms with van der Waals surface area (Å²) in [5.74, 6) is -0.237. The van der Waals surface area contributed by atoms with Crippen LogP contribution in [0.2, 0.25) is 0 Å². The van der Waals surface area contributed by atoms with Gasteiger partial charge in [-0.3, -0.25) is 4.90 Å². The van der Waals surface area contributed by atoms with Crippen LogP contribution in [0.4, 0.5) is 18.0 Å². The number of carbonyl (C=O) groups excluding carboxylic acids is 1. The lowest BCUT2D eigenvalue weighted by atomic mass is 9.97. The maximum Gasteiger partial charge on any atom is 0.573 e. The molecule has 168 valence electrons. The standard InChI is InChI=1S/C24H28F3NO3/c1-23(2,3)31-22(29)28(16-17-9-5-4-6-10-17)21-12-8-7-11-18-15-19(13-14-20(18)21)30-24(25,26)27/h4-6,9-10,13-15,21H,7-8,11-12,16H2,1-3H3. The van der Waals surface area contributed by atoms with Gasteiger partial charge in [-0.05, 0) is 68.9 Å². The number of hydrogen-bond donors (Lipinski definition) is 0. The molecule has 3 rings (SSSR count). The monoisotopic (exact) mass is 435 g/mol. The number of ether oxygens (including phenoxy) is 2. The van der Waals surface area contributed by atoms with Gasteiger partial charge in [-0.25, -0.2) is 4.79 Å². The summed E-state index contributed by atoms with van der Waals surface area (Å²) < 4.78 is 47.8. The molecule has 0 N–H and O–H groups in total. The zero-order valence-electron chi connectivity index (χ0n) is 18.0. The van der Waals surface area contributed by atoms with E-state index in [0.717, 1.165) is 29.5 Å². The fraction of sp³-hybridized carbons (Fsp3) is 0.458. The van der Waals surface area contributed by atoms with Crippen LogP contribution in [0.3, 0.4) is 0 Å². The van der Waals surface area contributed by atoms with E-state index in [4.69, 9.17) is 4.74 Å². The van der Waals surface area contributed by atoms with Crippen molar-refractivity contribution in [1.82, 2.24) is 4.90 Å². The lowest BCUT2D eigenvalue weighted by Gasteiger charge is -2.34. The van der Waals surface area contributed by atoms with E-state index < -0.39 is 18.1 Å². The van der Waals surface area contributed by atoms with Crippen molar-refractivity contribution < 1.29 is 27.4 Å². The summed E-state index contributed by atoms with van der Waals surface area (Å²) >= 11 is 0. The zero-order chi connectivity index (χ0) is 22.6. The van der Waals surface area contributed by atoms with Crippen molar-refractivity contribution in [1.29, 1.82) is 0 Å². The fourth-order valence-corrected chi connectivity index (χ4v) is 3.86. The van der Waals surface area contributed by atoms with Crippen LogP contribution in [0.5, 0.6) is 5.75 Å². The molecule has 1 aliphatic carbocycles. The largest absolute Gasteiger partial charge is 0.573 e. The first-order valence-electron chi connectivity index (χ1n) is 10.4. The van der Waals surface area contributed by atoms with Crippen molar-refractivity contribution in [3.63, 3.8) is 0 Å². The second-order valence-corrected chi connectivity index (χ2v) is 8.76. The molecular weight excluding hydrogens is 407 g/mol. The van der Waals surface area contributed by atoms with Crippen molar-refractivity contribution in [2.75, 3.05) is 0 Å². The number of benzene rings is 2. The van der Waals surface area contributed by atoms with E-state index in [1.165, 1.54) is 12.1 Å². The Morgan fingerprint density at radius 1 is 1.06 bits per heavy atom. The summed E-state index contributed by atoms with van der Waals surface area (Å²) in [6.07, 6.45) is -2.17. The lowest BCUT2D eigenvalue weighted by molar-refractivity contribution is -0.274. The van der Waals surface area contributed by atoms with Crippen LogP contribution < -0.4 is 4.74 Å². The molecule has 1 atom stereocenters. The van der Waals surface area contributed by atoms with Crippen molar-refractivity contribution in [3.8, 4) is 5.75 Å². The first kappa shape index (κ1) is 23.0. The Labute approximate surface area is 181 Å². The van der Waals surface area contributed by atoms with Crippen LogP contribution in [0, 0.1) is 0 Å². The van der Waals surface area contributed by atoms with Gasteiger partial charge in [-0.1, -0.05) is 42.8 Å². The van der Waals surface area contributed by atoms with Crippen molar-refractivity contribution in [2.45, 2.75) is 71.0 Å². The van der Waals surface area contributed by atoms with Gasteiger partial charge in [-0.15, -0.1) is 13.2 Å². The number of hydrogen-bond acceptors (Lipinski definition) is 3. The fourth-order valence-electron chi connectivity index (χ4n) is 3.86. The number of carbonyl (C=O) groups is 1. The Morgan fingerprint density at radius 2 is 1.77 bits per heavy atom. The quantitative estimate of drug-likeness (QED) is 0.496. The molecule has 4 nitrogen and oxygen atoms in total. The predicted molar refractivity (Wildman–Crippen MR) is 112 cm³/mol. The van der Waals surface area contributed by atoms with Crippen LogP contribution in [0.1, 0.15) is 62.8 Å². The smallest absolute Gasteiger partial charge is 0.444 e. The molecular formula is C24H28F3NO3. The molecule has 0 fully saturated rings. The SMILES string of the molecule is CC(C)(C)OC(=O)N(Cc1ccccc1)C1CCCCc2cc(OC(F)(F)F)ccc21. The highest BCUT2D eigenvalue weighted by molar-refractivity contribution is 5.69. The average molecular weight is 435 g/mol. The lowest BCUT2D eigenvalue weighted by Crippen LogP contribution is -2.39. The summed E-state index contributed by atoms with van der Waals surface area (Å²) in [5.41, 5.74) is 1.90. The Morgan fingerprint density at radius 3 is 2.42 bits per heavy atom. The predicted octanol–water partition coefficient (Wildman–Crippen LogP) is 6.79. The normalized spacial score (nSPS) is 16.8. The molecule has 0 bridgehead atoms. The second kappa shape index (κ2) is 9.20. The molecule has 1 amide bonds. The maximum absolute atomic E-state index is 13.2. The summed E-state index contributed by atoms with van der Waals surface area (Å²) in [6.45, 7) is 5.79. The van der Waals surface area contributed by atoms with E-state index in [0.29, 0.717) is 19.4 Å². The van der Waals surface area contributed by atoms with Crippen LogP contribution in [0.15, 0.2) is 48.5 Å². The summed E-state index contributed by atoms with van der Waals surface area (Å²) in [7, 11) is 0. The summed E-state index contributed by atoms with van der Waals surface area (Å²) in [5, 5.41) is 0. The maximum atomic E-state index is 13.2. The third kappa shape index (κ3) is 6.64. The van der Waals surface area contributed by atoms with Gasteiger partial charge in [0.2, 0.25) is 0 Å². The molecule has 2 aromatic rings. The minimum Gasteiger partial charge on any atom is -0.444 e. The number of fused-ring (bicyclic) bond motifs is 1. The summed E-state index contributed by atoms with van der Waals surface area (Å²) in [4.78, 5) is 14.9. The van der Waals surface area contributed by atoms with Gasteiger partial charge in [0.05, 0.1) is 6.04 Å². The van der Waals surface area contributed by atoms with Gasteiger partial charge in [0.15, 0.2) is 0 Å². The molecule has 0 saturated carbocycles. The van der Waals surface area contributed by atoms with Crippen molar-refractivity contribution >= 4 is 6.09 Å². The molecule has 0 aromatic heterocycles. The number of aryl methyl sites for hydroxylation is 1. The number of amides is 1. The molecule has 0 spiro atoms. The molecule has 1 aliphatic rings. The third-order valence-electron chi connectivity index (χ3n) is 5.08. The van der Waals surface area contributed by atoms with E-state index in [9.17, 15) is 18.0 Å². The summed E-state index contributed by atoms with van der Waals surface area (Å²) in [6, 6.07) is 13.7. The van der Waals surface area contributed by atoms with Gasteiger partial charge in [0.1, 0.15) is 11.4 Å². The third-order valence-corrected chi connectivity index (χ3v) is 5.08. The number of rotatable bonds is 4.